The van der Waals surface area contributed by atoms with E-state index >= 15 is 0 Å². The molecule has 1 saturated heterocycles. The van der Waals surface area contributed by atoms with Crippen LogP contribution in [0.15, 0.2) is 0 Å². The Kier molecular flexibility index (Phi) is 5.91. The second-order valence-corrected chi connectivity index (χ2v) is 8.33. The molecule has 0 radical (unpaired) electrons. The minimum absolute atomic E-state index is 0.311. The average molecular weight is 372 g/mol. The number of piperazine rings is 1. The lowest BCUT2D eigenvalue weighted by atomic mass is 9.96. The van der Waals surface area contributed by atoms with Crippen LogP contribution in [-0.4, -0.2) is 64.9 Å². The molecule has 148 valence electrons. The van der Waals surface area contributed by atoms with Crippen molar-refractivity contribution < 1.29 is 4.79 Å². The molecule has 0 aromatic carbocycles. The Hall–Kier alpha value is -1.69. The van der Waals surface area contributed by atoms with Crippen molar-refractivity contribution >= 4 is 11.7 Å². The highest BCUT2D eigenvalue weighted by atomic mass is 16.2. The summed E-state index contributed by atoms with van der Waals surface area (Å²) in [5.74, 6) is 2.64. The molecule has 0 spiro atoms. The van der Waals surface area contributed by atoms with Crippen LogP contribution in [0.2, 0.25) is 0 Å². The number of carbonyl (C=O) groups is 1. The molecule has 4 rings (SSSR count). The number of fused-ring (bicyclic) bond motifs is 1. The third kappa shape index (κ3) is 4.42. The topological polar surface area (TPSA) is 61.4 Å². The molecular weight excluding hydrogens is 338 g/mol. The molecule has 2 fully saturated rings. The van der Waals surface area contributed by atoms with Gasteiger partial charge in [0.2, 0.25) is 5.91 Å². The van der Waals surface area contributed by atoms with Gasteiger partial charge in [-0.1, -0.05) is 12.8 Å². The van der Waals surface area contributed by atoms with Crippen molar-refractivity contribution in [2.45, 2.75) is 58.3 Å². The fraction of sp³-hybridized carbons (Fsp3) is 0.762. The van der Waals surface area contributed by atoms with Crippen LogP contribution in [0.4, 0.5) is 5.82 Å². The molecule has 1 amide bonds. The van der Waals surface area contributed by atoms with Crippen molar-refractivity contribution in [1.82, 2.24) is 19.8 Å². The molecule has 27 heavy (non-hydrogen) atoms. The monoisotopic (exact) mass is 371 g/mol. The Morgan fingerprint density at radius 1 is 1.04 bits per heavy atom. The van der Waals surface area contributed by atoms with Crippen LogP contribution in [0, 0.1) is 12.8 Å². The Morgan fingerprint density at radius 2 is 1.78 bits per heavy atom. The van der Waals surface area contributed by atoms with E-state index in [1.54, 1.807) is 0 Å². The highest BCUT2D eigenvalue weighted by Gasteiger charge is 2.29. The molecule has 0 bridgehead atoms. The van der Waals surface area contributed by atoms with Gasteiger partial charge < -0.3 is 10.2 Å². The molecule has 0 atom stereocenters. The highest BCUT2D eigenvalue weighted by molar-refractivity contribution is 5.79. The maximum absolute atomic E-state index is 12.6. The molecule has 2 aliphatic carbocycles. The molecule has 0 unspecified atom stereocenters. The molecule has 1 saturated carbocycles. The lowest BCUT2D eigenvalue weighted by Gasteiger charge is -2.36. The maximum Gasteiger partial charge on any atom is 0.225 e. The standard InChI is InChI=1S/C21H33N5O/c1-16-23-19-9-5-4-8-18(19)20(24-16)22-10-11-25-12-14-26(15-13-25)21(27)17-6-2-3-7-17/h17H,2-15H2,1H3,(H,22,23,24). The maximum atomic E-state index is 12.6. The van der Waals surface area contributed by atoms with Crippen molar-refractivity contribution in [2.75, 3.05) is 44.6 Å². The van der Waals surface area contributed by atoms with Gasteiger partial charge in [-0.15, -0.1) is 0 Å². The van der Waals surface area contributed by atoms with E-state index in [2.05, 4.69) is 25.1 Å². The number of nitrogens with one attached hydrogen (secondary N) is 1. The van der Waals surface area contributed by atoms with Gasteiger partial charge in [-0.3, -0.25) is 9.69 Å². The van der Waals surface area contributed by atoms with Crippen molar-refractivity contribution in [3.8, 4) is 0 Å². The van der Waals surface area contributed by atoms with Crippen LogP contribution < -0.4 is 5.32 Å². The number of hydrogen-bond acceptors (Lipinski definition) is 5. The van der Waals surface area contributed by atoms with E-state index in [0.29, 0.717) is 11.8 Å². The van der Waals surface area contributed by atoms with Crippen LogP contribution >= 0.6 is 0 Å². The summed E-state index contributed by atoms with van der Waals surface area (Å²) in [5.41, 5.74) is 2.58. The van der Waals surface area contributed by atoms with Gasteiger partial charge in [-0.05, 0) is 45.4 Å². The van der Waals surface area contributed by atoms with Gasteiger partial charge in [0.1, 0.15) is 11.6 Å². The van der Waals surface area contributed by atoms with E-state index in [-0.39, 0.29) is 0 Å². The number of hydrogen-bond donors (Lipinski definition) is 1. The van der Waals surface area contributed by atoms with Crippen LogP contribution in [0.3, 0.4) is 0 Å². The Labute approximate surface area is 162 Å². The van der Waals surface area contributed by atoms with Gasteiger partial charge in [0.15, 0.2) is 0 Å². The highest BCUT2D eigenvalue weighted by Crippen LogP contribution is 2.27. The van der Waals surface area contributed by atoms with E-state index in [0.717, 1.165) is 76.6 Å². The van der Waals surface area contributed by atoms with Crippen molar-refractivity contribution in [3.63, 3.8) is 0 Å². The summed E-state index contributed by atoms with van der Waals surface area (Å²) in [5, 5.41) is 3.57. The molecule has 1 aliphatic heterocycles. The first-order valence-electron chi connectivity index (χ1n) is 10.8. The lowest BCUT2D eigenvalue weighted by Crippen LogP contribution is -2.50. The first kappa shape index (κ1) is 18.7. The summed E-state index contributed by atoms with van der Waals surface area (Å²) in [6, 6.07) is 0. The third-order valence-electron chi connectivity index (χ3n) is 6.40. The predicted octanol–water partition coefficient (Wildman–Crippen LogP) is 2.41. The SMILES string of the molecule is Cc1nc2c(c(NCCN3CCN(C(=O)C4CCCC4)CC3)n1)CCCC2. The number of aryl methyl sites for hydroxylation is 2. The van der Waals surface area contributed by atoms with Gasteiger partial charge in [-0.25, -0.2) is 9.97 Å². The fourth-order valence-corrected chi connectivity index (χ4v) is 4.82. The fourth-order valence-electron chi connectivity index (χ4n) is 4.82. The zero-order valence-electron chi connectivity index (χ0n) is 16.7. The summed E-state index contributed by atoms with van der Waals surface area (Å²) < 4.78 is 0. The number of amides is 1. The van der Waals surface area contributed by atoms with E-state index in [1.807, 2.05) is 6.92 Å². The smallest absolute Gasteiger partial charge is 0.225 e. The van der Waals surface area contributed by atoms with Crippen LogP contribution in [-0.2, 0) is 17.6 Å². The van der Waals surface area contributed by atoms with Gasteiger partial charge in [0.25, 0.3) is 0 Å². The number of rotatable bonds is 5. The van der Waals surface area contributed by atoms with E-state index in [1.165, 1.54) is 36.9 Å². The van der Waals surface area contributed by atoms with Gasteiger partial charge >= 0.3 is 0 Å². The van der Waals surface area contributed by atoms with E-state index in [4.69, 9.17) is 0 Å². The molecule has 6 nitrogen and oxygen atoms in total. The van der Waals surface area contributed by atoms with Gasteiger partial charge in [0, 0.05) is 56.4 Å². The zero-order valence-corrected chi connectivity index (χ0v) is 16.7. The first-order valence-corrected chi connectivity index (χ1v) is 10.8. The molecule has 1 N–H and O–H groups in total. The Balaban J connectivity index is 1.24. The van der Waals surface area contributed by atoms with Gasteiger partial charge in [0.05, 0.1) is 0 Å². The summed E-state index contributed by atoms with van der Waals surface area (Å²) in [6.45, 7) is 7.64. The number of nitrogens with zero attached hydrogens (tertiary/aromatic N) is 4. The minimum Gasteiger partial charge on any atom is -0.368 e. The lowest BCUT2D eigenvalue weighted by molar-refractivity contribution is -0.137. The Morgan fingerprint density at radius 3 is 2.56 bits per heavy atom. The average Bonchev–Trinajstić information content (AvgIpc) is 3.22. The zero-order chi connectivity index (χ0) is 18.6. The molecule has 2 heterocycles. The Bertz CT molecular complexity index is 663. The molecular formula is C21H33N5O. The van der Waals surface area contributed by atoms with Crippen molar-refractivity contribution in [3.05, 3.63) is 17.1 Å². The van der Waals surface area contributed by atoms with E-state index in [9.17, 15) is 4.79 Å². The third-order valence-corrected chi connectivity index (χ3v) is 6.40. The summed E-state index contributed by atoms with van der Waals surface area (Å²) >= 11 is 0. The predicted molar refractivity (Wildman–Crippen MR) is 107 cm³/mol. The normalized spacial score (nSPS) is 21.3. The van der Waals surface area contributed by atoms with Gasteiger partial charge in [-0.2, -0.15) is 0 Å². The van der Waals surface area contributed by atoms with Crippen molar-refractivity contribution in [1.29, 1.82) is 0 Å². The number of anilines is 1. The summed E-state index contributed by atoms with van der Waals surface area (Å²) in [4.78, 5) is 26.4. The van der Waals surface area contributed by atoms with Crippen molar-refractivity contribution in [2.24, 2.45) is 5.92 Å². The molecule has 3 aliphatic rings. The minimum atomic E-state index is 0.311. The largest absolute Gasteiger partial charge is 0.368 e. The second-order valence-electron chi connectivity index (χ2n) is 8.33. The van der Waals surface area contributed by atoms with E-state index < -0.39 is 0 Å². The quantitative estimate of drug-likeness (QED) is 0.861. The first-order chi connectivity index (χ1) is 13.2. The summed E-state index contributed by atoms with van der Waals surface area (Å²) in [6.07, 6.45) is 9.34. The van der Waals surface area contributed by atoms with Crippen LogP contribution in [0.1, 0.15) is 55.6 Å². The number of aromatic nitrogens is 2. The second kappa shape index (κ2) is 8.55. The summed E-state index contributed by atoms with van der Waals surface area (Å²) in [7, 11) is 0. The number of carbonyl (C=O) groups excluding carboxylic acids is 1. The molecule has 1 aromatic rings. The molecule has 1 aromatic heterocycles. The molecule has 6 heteroatoms. The van der Waals surface area contributed by atoms with Crippen LogP contribution in [0.5, 0.6) is 0 Å². The van der Waals surface area contributed by atoms with Crippen LogP contribution in [0.25, 0.3) is 0 Å².